The van der Waals surface area contributed by atoms with Gasteiger partial charge in [-0.25, -0.2) is 4.79 Å². The molecule has 0 amide bonds. The molecule has 0 saturated carbocycles. The van der Waals surface area contributed by atoms with Gasteiger partial charge in [0.25, 0.3) is 5.56 Å². The molecule has 2 rings (SSSR count). The van der Waals surface area contributed by atoms with Gasteiger partial charge in [0.05, 0.1) is 6.61 Å². The molecule has 1 aromatic rings. The van der Waals surface area contributed by atoms with E-state index in [1.807, 2.05) is 0 Å². The van der Waals surface area contributed by atoms with Crippen LogP contribution >= 0.6 is 0 Å². The molecular weight excluding hydrogens is 323 g/mol. The summed E-state index contributed by atoms with van der Waals surface area (Å²) in [5, 5.41) is 48.6. The number of hydrogen-bond donors (Lipinski definition) is 5. The molecule has 0 spiro atoms. The molecule has 1 fully saturated rings. The standard InChI is InChI=1S/C12H18N2O8.Na/c1-13-10(19)5(11(20)14(2)12(13)21)9-8(18)7(17)6(16)4(3-15)22-9;/h4,6-9,15-19H,3H2,1-2H3;/q;+1/t4-,6+,7+,8-,9+;/m1./s1. The Kier molecular flexibility index (Phi) is 6.58. The van der Waals surface area contributed by atoms with Gasteiger partial charge in [-0.05, 0) is 0 Å². The first-order chi connectivity index (χ1) is 10.2. The van der Waals surface area contributed by atoms with Gasteiger partial charge in [-0.1, -0.05) is 0 Å². The molecule has 11 heteroatoms. The van der Waals surface area contributed by atoms with Crippen LogP contribution in [0.3, 0.4) is 0 Å². The normalized spacial score (nSPS) is 30.8. The Morgan fingerprint density at radius 2 is 1.61 bits per heavy atom. The zero-order valence-corrected chi connectivity index (χ0v) is 14.9. The summed E-state index contributed by atoms with van der Waals surface area (Å²) in [7, 11) is 2.39. The molecule has 1 aliphatic heterocycles. The van der Waals surface area contributed by atoms with Gasteiger partial charge in [0, 0.05) is 14.1 Å². The summed E-state index contributed by atoms with van der Waals surface area (Å²) in [4.78, 5) is 23.9. The minimum atomic E-state index is -1.73. The Labute approximate surface area is 152 Å². The van der Waals surface area contributed by atoms with E-state index in [1.165, 1.54) is 14.1 Å². The molecule has 10 nitrogen and oxygen atoms in total. The van der Waals surface area contributed by atoms with Gasteiger partial charge in [0.15, 0.2) is 0 Å². The van der Waals surface area contributed by atoms with Crippen LogP contribution in [0.5, 0.6) is 5.88 Å². The predicted octanol–water partition coefficient (Wildman–Crippen LogP) is -6.69. The van der Waals surface area contributed by atoms with E-state index in [-0.39, 0.29) is 29.6 Å². The Morgan fingerprint density at radius 1 is 1.04 bits per heavy atom. The Hall–Kier alpha value is -0.720. The summed E-state index contributed by atoms with van der Waals surface area (Å²) < 4.78 is 6.71. The zero-order chi connectivity index (χ0) is 16.8. The van der Waals surface area contributed by atoms with Crippen molar-refractivity contribution in [3.05, 3.63) is 26.4 Å². The van der Waals surface area contributed by atoms with Crippen molar-refractivity contribution in [2.75, 3.05) is 6.61 Å². The van der Waals surface area contributed by atoms with E-state index in [2.05, 4.69) is 0 Å². The smallest absolute Gasteiger partial charge is 0.494 e. The molecule has 0 aromatic carbocycles. The van der Waals surface area contributed by atoms with Gasteiger partial charge >= 0.3 is 35.2 Å². The second-order valence-corrected chi connectivity index (χ2v) is 5.19. The summed E-state index contributed by atoms with van der Waals surface area (Å²) in [5.41, 5.74) is -2.14. The summed E-state index contributed by atoms with van der Waals surface area (Å²) >= 11 is 0. The third-order valence-electron chi connectivity index (χ3n) is 3.84. The molecular formula is C12H18N2NaO8+. The van der Waals surface area contributed by atoms with E-state index in [1.54, 1.807) is 0 Å². The Balaban J connectivity index is 0.00000264. The minimum Gasteiger partial charge on any atom is -0.494 e. The van der Waals surface area contributed by atoms with Gasteiger partial charge in [0.1, 0.15) is 36.1 Å². The van der Waals surface area contributed by atoms with Crippen LogP contribution in [0.2, 0.25) is 0 Å². The van der Waals surface area contributed by atoms with Crippen LogP contribution in [0.1, 0.15) is 11.7 Å². The maximum absolute atomic E-state index is 12.2. The molecule has 23 heavy (non-hydrogen) atoms. The number of aliphatic hydroxyl groups is 4. The number of rotatable bonds is 2. The number of aromatic nitrogens is 2. The number of ether oxygens (including phenoxy) is 1. The SMILES string of the molecule is Cn1c(O)c([C@@H]2O[C@H](CO)[C@H](O)[C@H](O)[C@H]2O)c(=O)n(C)c1=O.[Na+]. The van der Waals surface area contributed by atoms with Crippen LogP contribution in [0, 0.1) is 0 Å². The molecule has 0 radical (unpaired) electrons. The van der Waals surface area contributed by atoms with E-state index in [0.717, 1.165) is 4.57 Å². The molecule has 1 aromatic heterocycles. The number of hydrogen-bond acceptors (Lipinski definition) is 8. The van der Waals surface area contributed by atoms with Gasteiger partial charge in [-0.15, -0.1) is 0 Å². The van der Waals surface area contributed by atoms with Crippen molar-refractivity contribution in [2.45, 2.75) is 30.5 Å². The van der Waals surface area contributed by atoms with Crippen molar-refractivity contribution < 1.29 is 59.8 Å². The topological polar surface area (TPSA) is 154 Å². The fourth-order valence-corrected chi connectivity index (χ4v) is 2.45. The van der Waals surface area contributed by atoms with E-state index < -0.39 is 59.8 Å². The maximum atomic E-state index is 12.2. The molecule has 1 saturated heterocycles. The predicted molar refractivity (Wildman–Crippen MR) is 71.3 cm³/mol. The fraction of sp³-hybridized carbons (Fsp3) is 0.667. The monoisotopic (exact) mass is 341 g/mol. The Bertz CT molecular complexity index is 685. The van der Waals surface area contributed by atoms with E-state index in [9.17, 15) is 30.0 Å². The van der Waals surface area contributed by atoms with Gasteiger partial charge in [-0.2, -0.15) is 0 Å². The molecule has 5 atom stereocenters. The van der Waals surface area contributed by atoms with E-state index in [0.29, 0.717) is 4.57 Å². The van der Waals surface area contributed by atoms with Crippen LogP contribution in [-0.4, -0.2) is 65.7 Å². The van der Waals surface area contributed by atoms with Crippen molar-refractivity contribution in [1.29, 1.82) is 0 Å². The third-order valence-corrected chi connectivity index (χ3v) is 3.84. The number of nitrogens with zero attached hydrogens (tertiary/aromatic N) is 2. The first-order valence-electron chi connectivity index (χ1n) is 6.51. The van der Waals surface area contributed by atoms with Crippen molar-refractivity contribution in [2.24, 2.45) is 14.1 Å². The van der Waals surface area contributed by atoms with Crippen molar-refractivity contribution in [3.63, 3.8) is 0 Å². The largest absolute Gasteiger partial charge is 1.00 e. The van der Waals surface area contributed by atoms with Crippen LogP contribution in [0.25, 0.3) is 0 Å². The van der Waals surface area contributed by atoms with Crippen molar-refractivity contribution in [3.8, 4) is 5.88 Å². The van der Waals surface area contributed by atoms with Crippen LogP contribution < -0.4 is 40.8 Å². The molecule has 0 bridgehead atoms. The van der Waals surface area contributed by atoms with Crippen molar-refractivity contribution in [1.82, 2.24) is 9.13 Å². The molecule has 2 heterocycles. The summed E-state index contributed by atoms with van der Waals surface area (Å²) in [5.74, 6) is -0.725. The quantitative estimate of drug-likeness (QED) is 0.333. The number of aromatic hydroxyl groups is 1. The fourth-order valence-electron chi connectivity index (χ4n) is 2.45. The first kappa shape index (κ1) is 20.3. The van der Waals surface area contributed by atoms with Gasteiger partial charge in [0.2, 0.25) is 5.88 Å². The number of aliphatic hydroxyl groups excluding tert-OH is 4. The molecule has 1 aliphatic rings. The third kappa shape index (κ3) is 3.26. The average molecular weight is 341 g/mol. The minimum absolute atomic E-state index is 0. The second kappa shape index (κ2) is 7.45. The van der Waals surface area contributed by atoms with Crippen molar-refractivity contribution >= 4 is 0 Å². The second-order valence-electron chi connectivity index (χ2n) is 5.19. The molecule has 0 aliphatic carbocycles. The zero-order valence-electron chi connectivity index (χ0n) is 12.9. The summed E-state index contributed by atoms with van der Waals surface area (Å²) in [6, 6.07) is 0. The van der Waals surface area contributed by atoms with Crippen LogP contribution in [-0.2, 0) is 18.8 Å². The first-order valence-corrected chi connectivity index (χ1v) is 6.51. The van der Waals surface area contributed by atoms with E-state index >= 15 is 0 Å². The van der Waals surface area contributed by atoms with Crippen LogP contribution in [0.15, 0.2) is 9.59 Å². The van der Waals surface area contributed by atoms with Crippen LogP contribution in [0.4, 0.5) is 0 Å². The molecule has 124 valence electrons. The molecule has 5 N–H and O–H groups in total. The van der Waals surface area contributed by atoms with E-state index in [4.69, 9.17) is 9.84 Å². The average Bonchev–Trinajstić information content (AvgIpc) is 2.51. The summed E-state index contributed by atoms with van der Waals surface area (Å²) in [6.07, 6.45) is -7.76. The van der Waals surface area contributed by atoms with Gasteiger partial charge < -0.3 is 30.3 Å². The summed E-state index contributed by atoms with van der Waals surface area (Å²) in [6.45, 7) is -0.672. The van der Waals surface area contributed by atoms with Gasteiger partial charge in [-0.3, -0.25) is 13.9 Å². The Morgan fingerprint density at radius 3 is 2.13 bits per heavy atom. The maximum Gasteiger partial charge on any atom is 1.00 e. The molecule has 0 unspecified atom stereocenters.